The molecule has 8 heteroatoms. The van der Waals surface area contributed by atoms with Crippen LogP contribution in [0.25, 0.3) is 6.08 Å². The summed E-state index contributed by atoms with van der Waals surface area (Å²) in [6.07, 6.45) is 3.68. The number of ether oxygens (including phenoxy) is 3. The Morgan fingerprint density at radius 2 is 1.26 bits per heavy atom. The number of rotatable bonds is 8. The van der Waals surface area contributed by atoms with Gasteiger partial charge >= 0.3 is 0 Å². The quantitative estimate of drug-likeness (QED) is 0.460. The van der Waals surface area contributed by atoms with E-state index in [1.54, 1.807) is 32.4 Å². The monoisotopic (exact) mass is 493 g/mol. The first-order valence-corrected chi connectivity index (χ1v) is 12.5. The first-order valence-electron chi connectivity index (χ1n) is 11.0. The highest BCUT2D eigenvalue weighted by atomic mass is 32.2. The first-order chi connectivity index (χ1) is 16.9. The number of hydrogen-bond donors (Lipinski definition) is 0. The lowest BCUT2D eigenvalue weighted by Gasteiger charge is -2.26. The number of hydrogen-bond acceptors (Lipinski definition) is 6. The van der Waals surface area contributed by atoms with E-state index >= 15 is 0 Å². The van der Waals surface area contributed by atoms with Gasteiger partial charge in [-0.05, 0) is 59.7 Å². The largest absolute Gasteiger partial charge is 0.497 e. The van der Waals surface area contributed by atoms with Crippen molar-refractivity contribution in [2.75, 3.05) is 21.3 Å². The molecule has 0 saturated carbocycles. The summed E-state index contributed by atoms with van der Waals surface area (Å²) in [5.74, 6) is 1.13. The summed E-state index contributed by atoms with van der Waals surface area (Å²) < 4.78 is 43.8. The number of amides is 1. The fourth-order valence-electron chi connectivity index (χ4n) is 4.19. The molecule has 0 unspecified atom stereocenters. The van der Waals surface area contributed by atoms with Crippen LogP contribution in [-0.2, 0) is 14.8 Å². The maximum absolute atomic E-state index is 13.6. The summed E-state index contributed by atoms with van der Waals surface area (Å²) >= 11 is 0. The van der Waals surface area contributed by atoms with Gasteiger partial charge in [0, 0.05) is 12.3 Å². The van der Waals surface area contributed by atoms with Crippen molar-refractivity contribution >= 4 is 22.0 Å². The molecule has 0 bridgehead atoms. The van der Waals surface area contributed by atoms with Crippen LogP contribution in [0, 0.1) is 0 Å². The van der Waals surface area contributed by atoms with Crippen molar-refractivity contribution in [3.8, 4) is 17.2 Å². The van der Waals surface area contributed by atoms with Crippen LogP contribution in [0.3, 0.4) is 0 Å². The normalized spacial score (nSPS) is 18.1. The Bertz CT molecular complexity index is 1300. The average Bonchev–Trinajstić information content (AvgIpc) is 3.24. The van der Waals surface area contributed by atoms with Gasteiger partial charge in [-0.25, -0.2) is 12.7 Å². The highest BCUT2D eigenvalue weighted by Gasteiger charge is 2.46. The molecule has 1 aliphatic rings. The maximum Gasteiger partial charge on any atom is 0.267 e. The minimum Gasteiger partial charge on any atom is -0.497 e. The Balaban J connectivity index is 1.74. The third-order valence-corrected chi connectivity index (χ3v) is 7.92. The van der Waals surface area contributed by atoms with Crippen LogP contribution in [0.1, 0.15) is 23.5 Å². The van der Waals surface area contributed by atoms with Gasteiger partial charge < -0.3 is 14.2 Å². The summed E-state index contributed by atoms with van der Waals surface area (Å²) in [4.78, 5) is 13.2. The zero-order valence-electron chi connectivity index (χ0n) is 19.7. The van der Waals surface area contributed by atoms with Crippen LogP contribution >= 0.6 is 0 Å². The Morgan fingerprint density at radius 3 is 1.77 bits per heavy atom. The van der Waals surface area contributed by atoms with Gasteiger partial charge in [-0.3, -0.25) is 4.79 Å². The second-order valence-electron chi connectivity index (χ2n) is 8.08. The minimum absolute atomic E-state index is 0.0323. The average molecular weight is 494 g/mol. The van der Waals surface area contributed by atoms with Crippen LogP contribution in [0.2, 0.25) is 0 Å². The molecule has 1 heterocycles. The van der Waals surface area contributed by atoms with Crippen molar-refractivity contribution in [1.29, 1.82) is 0 Å². The van der Waals surface area contributed by atoms with E-state index in [0.29, 0.717) is 11.5 Å². The van der Waals surface area contributed by atoms with E-state index in [2.05, 4.69) is 0 Å². The van der Waals surface area contributed by atoms with Gasteiger partial charge in [-0.2, -0.15) is 0 Å². The molecule has 2 atom stereocenters. The topological polar surface area (TPSA) is 82.1 Å². The molecule has 0 aliphatic carbocycles. The van der Waals surface area contributed by atoms with E-state index < -0.39 is 22.0 Å². The van der Waals surface area contributed by atoms with E-state index in [1.165, 1.54) is 19.2 Å². The highest BCUT2D eigenvalue weighted by Crippen LogP contribution is 2.39. The molecule has 182 valence electrons. The van der Waals surface area contributed by atoms with Crippen LogP contribution in [0.4, 0.5) is 0 Å². The molecular weight excluding hydrogens is 466 g/mol. The zero-order valence-corrected chi connectivity index (χ0v) is 20.6. The Labute approximate surface area is 205 Å². The van der Waals surface area contributed by atoms with Crippen molar-refractivity contribution in [3.63, 3.8) is 0 Å². The molecule has 0 aromatic heterocycles. The lowest BCUT2D eigenvalue weighted by Crippen LogP contribution is -2.38. The van der Waals surface area contributed by atoms with Crippen LogP contribution in [0.15, 0.2) is 83.8 Å². The van der Waals surface area contributed by atoms with Gasteiger partial charge in [0.1, 0.15) is 17.2 Å². The number of nitrogens with zero attached hydrogens (tertiary/aromatic N) is 1. The molecule has 1 fully saturated rings. The lowest BCUT2D eigenvalue weighted by atomic mass is 9.91. The standard InChI is InChI=1S/C27H27NO6S/c1-32-21-9-4-19(5-10-21)6-17-26-25(20-7-11-22(33-2)12-8-20)18-27(29)28(26)35(30,31)24-15-13-23(34-3)14-16-24/h4-17,25-26H,18H2,1-3H3/b17-6+/t25-,26-/m1/s1. The van der Waals surface area contributed by atoms with Gasteiger partial charge in [0.05, 0.1) is 32.3 Å². The molecule has 3 aromatic rings. The van der Waals surface area contributed by atoms with Gasteiger partial charge in [0.2, 0.25) is 5.91 Å². The molecule has 1 saturated heterocycles. The number of methoxy groups -OCH3 is 3. The number of sulfonamides is 1. The van der Waals surface area contributed by atoms with Crippen molar-refractivity contribution in [2.24, 2.45) is 0 Å². The smallest absolute Gasteiger partial charge is 0.267 e. The van der Waals surface area contributed by atoms with E-state index in [9.17, 15) is 13.2 Å². The predicted octanol–water partition coefficient (Wildman–Crippen LogP) is 4.50. The summed E-state index contributed by atoms with van der Waals surface area (Å²) in [7, 11) is 0.583. The summed E-state index contributed by atoms with van der Waals surface area (Å²) in [6, 6.07) is 20.1. The molecule has 35 heavy (non-hydrogen) atoms. The van der Waals surface area contributed by atoms with Crippen molar-refractivity contribution in [2.45, 2.75) is 23.3 Å². The molecular formula is C27H27NO6S. The second kappa shape index (κ2) is 10.2. The van der Waals surface area contributed by atoms with E-state index in [0.717, 1.165) is 21.2 Å². The molecule has 3 aromatic carbocycles. The Hall–Kier alpha value is -3.78. The highest BCUT2D eigenvalue weighted by molar-refractivity contribution is 7.89. The zero-order chi connectivity index (χ0) is 25.0. The summed E-state index contributed by atoms with van der Waals surface area (Å²) in [5, 5.41) is 0. The predicted molar refractivity (Wildman–Crippen MR) is 133 cm³/mol. The van der Waals surface area contributed by atoms with Crippen molar-refractivity contribution in [3.05, 3.63) is 90.0 Å². The fourth-order valence-corrected chi connectivity index (χ4v) is 5.77. The summed E-state index contributed by atoms with van der Waals surface area (Å²) in [5.41, 5.74) is 1.72. The lowest BCUT2D eigenvalue weighted by molar-refractivity contribution is -0.124. The molecule has 0 N–H and O–H groups in total. The molecule has 7 nitrogen and oxygen atoms in total. The van der Waals surface area contributed by atoms with Crippen LogP contribution < -0.4 is 14.2 Å². The number of carbonyl (C=O) groups excluding carboxylic acids is 1. The molecule has 0 radical (unpaired) electrons. The van der Waals surface area contributed by atoms with Crippen LogP contribution in [-0.4, -0.2) is 46.0 Å². The fraction of sp³-hybridized carbons (Fsp3) is 0.222. The number of benzene rings is 3. The van der Waals surface area contributed by atoms with Crippen molar-refractivity contribution in [1.82, 2.24) is 4.31 Å². The van der Waals surface area contributed by atoms with Gasteiger partial charge in [0.15, 0.2) is 0 Å². The molecule has 1 amide bonds. The number of carbonyl (C=O) groups is 1. The minimum atomic E-state index is -4.10. The Kier molecular flexibility index (Phi) is 7.12. The summed E-state index contributed by atoms with van der Waals surface area (Å²) in [6.45, 7) is 0. The van der Waals surface area contributed by atoms with Crippen LogP contribution in [0.5, 0.6) is 17.2 Å². The first kappa shape index (κ1) is 24.3. The van der Waals surface area contributed by atoms with Gasteiger partial charge in [-0.15, -0.1) is 0 Å². The maximum atomic E-state index is 13.6. The van der Waals surface area contributed by atoms with Gasteiger partial charge in [-0.1, -0.05) is 36.4 Å². The van der Waals surface area contributed by atoms with E-state index in [4.69, 9.17) is 14.2 Å². The molecule has 4 rings (SSSR count). The second-order valence-corrected chi connectivity index (χ2v) is 9.89. The third-order valence-electron chi connectivity index (χ3n) is 6.09. The van der Waals surface area contributed by atoms with Gasteiger partial charge in [0.25, 0.3) is 10.0 Å². The van der Waals surface area contributed by atoms with E-state index in [1.807, 2.05) is 54.6 Å². The van der Waals surface area contributed by atoms with Crippen molar-refractivity contribution < 1.29 is 27.4 Å². The SMILES string of the molecule is COc1ccc(/C=C/[C@@H]2[C@@H](c3ccc(OC)cc3)CC(=O)N2S(=O)(=O)c2ccc(OC)cc2)cc1. The molecule has 0 spiro atoms. The molecule has 1 aliphatic heterocycles. The third kappa shape index (κ3) is 5.02. The van der Waals surface area contributed by atoms with E-state index in [-0.39, 0.29) is 17.2 Å². The Morgan fingerprint density at radius 1 is 0.771 bits per heavy atom.